The van der Waals surface area contributed by atoms with E-state index >= 15 is 0 Å². The van der Waals surface area contributed by atoms with E-state index in [1.54, 1.807) is 39.0 Å². The number of aromatic nitrogens is 1. The van der Waals surface area contributed by atoms with Crippen molar-refractivity contribution in [2.45, 2.75) is 26.4 Å². The molecule has 4 rings (SSSR count). The molecule has 0 aliphatic rings. The van der Waals surface area contributed by atoms with Crippen LogP contribution in [0.1, 0.15) is 47.1 Å². The second-order valence-electron chi connectivity index (χ2n) is 9.78. The fourth-order valence-electron chi connectivity index (χ4n) is 4.15. The summed E-state index contributed by atoms with van der Waals surface area (Å²) in [6.07, 6.45) is 2.46. The Morgan fingerprint density at radius 2 is 1.49 bits per heavy atom. The van der Waals surface area contributed by atoms with Crippen LogP contribution in [-0.2, 0) is 4.74 Å². The number of carbonyl (C=O) groups is 3. The smallest absolute Gasteiger partial charge is 0.419 e. The molecule has 0 saturated carbocycles. The van der Waals surface area contributed by atoms with Gasteiger partial charge in [0.1, 0.15) is 17.1 Å². The lowest BCUT2D eigenvalue weighted by Gasteiger charge is -2.21. The first-order valence-corrected chi connectivity index (χ1v) is 12.2. The Kier molecular flexibility index (Phi) is 7.58. The fraction of sp³-hybridized carbons (Fsp3) is 0.194. The molecule has 1 N–H and O–H groups in total. The molecule has 200 valence electrons. The van der Waals surface area contributed by atoms with Crippen LogP contribution in [0.3, 0.4) is 0 Å². The zero-order valence-electron chi connectivity index (χ0n) is 22.3. The SMILES string of the molecule is COc1cc(OC)c(-c2cc3ccccc3n2C(=O)OC(C)(C)C)cc1/C=C/C(=O)c1ccc(C(=O)O)cc1. The minimum atomic E-state index is -1.07. The Hall–Kier alpha value is -4.85. The van der Waals surface area contributed by atoms with Crippen LogP contribution in [0.25, 0.3) is 28.2 Å². The van der Waals surface area contributed by atoms with E-state index in [-0.39, 0.29) is 11.3 Å². The van der Waals surface area contributed by atoms with Crippen molar-refractivity contribution in [3.8, 4) is 22.8 Å². The van der Waals surface area contributed by atoms with E-state index in [0.717, 1.165) is 5.39 Å². The molecule has 0 bridgehead atoms. The van der Waals surface area contributed by atoms with Crippen LogP contribution in [0.2, 0.25) is 0 Å². The van der Waals surface area contributed by atoms with E-state index in [9.17, 15) is 14.4 Å². The summed E-state index contributed by atoms with van der Waals surface area (Å²) in [5.74, 6) is -0.453. The molecule has 4 aromatic rings. The topological polar surface area (TPSA) is 104 Å². The van der Waals surface area contributed by atoms with Gasteiger partial charge in [0.25, 0.3) is 0 Å². The number of carboxylic acid groups (broad SMARTS) is 1. The van der Waals surface area contributed by atoms with E-state index in [4.69, 9.17) is 19.3 Å². The van der Waals surface area contributed by atoms with Gasteiger partial charge in [-0.2, -0.15) is 0 Å². The van der Waals surface area contributed by atoms with E-state index in [0.29, 0.717) is 39.4 Å². The van der Waals surface area contributed by atoms with Gasteiger partial charge >= 0.3 is 12.1 Å². The summed E-state index contributed by atoms with van der Waals surface area (Å²) < 4.78 is 18.4. The zero-order valence-corrected chi connectivity index (χ0v) is 22.3. The number of ketones is 1. The molecule has 3 aromatic carbocycles. The number of fused-ring (bicyclic) bond motifs is 1. The number of carbonyl (C=O) groups excluding carboxylic acids is 2. The number of ether oxygens (including phenoxy) is 3. The van der Waals surface area contributed by atoms with Crippen molar-refractivity contribution in [2.24, 2.45) is 0 Å². The molecule has 8 nitrogen and oxygen atoms in total. The predicted molar refractivity (Wildman–Crippen MR) is 149 cm³/mol. The van der Waals surface area contributed by atoms with Crippen LogP contribution in [-0.4, -0.2) is 47.3 Å². The first-order chi connectivity index (χ1) is 18.5. The summed E-state index contributed by atoms with van der Waals surface area (Å²) in [7, 11) is 3.04. The minimum absolute atomic E-state index is 0.0948. The highest BCUT2D eigenvalue weighted by Crippen LogP contribution is 2.39. The lowest BCUT2D eigenvalue weighted by atomic mass is 10.0. The average molecular weight is 528 g/mol. The molecule has 0 aliphatic heterocycles. The molecule has 8 heteroatoms. The van der Waals surface area contributed by atoms with Crippen molar-refractivity contribution in [3.05, 3.63) is 89.5 Å². The predicted octanol–water partition coefficient (Wildman–Crippen LogP) is 6.70. The van der Waals surface area contributed by atoms with Gasteiger partial charge in [-0.1, -0.05) is 30.3 Å². The van der Waals surface area contributed by atoms with Gasteiger partial charge in [0.2, 0.25) is 0 Å². The molecule has 0 fully saturated rings. The number of hydrogen-bond acceptors (Lipinski definition) is 6. The van der Waals surface area contributed by atoms with Crippen LogP contribution in [0.5, 0.6) is 11.5 Å². The number of carboxylic acids is 1. The molecule has 0 unspecified atom stereocenters. The third-order valence-corrected chi connectivity index (χ3v) is 5.95. The molecular weight excluding hydrogens is 498 g/mol. The maximum atomic E-state index is 13.4. The average Bonchev–Trinajstić information content (AvgIpc) is 3.30. The van der Waals surface area contributed by atoms with Crippen LogP contribution < -0.4 is 9.47 Å². The van der Waals surface area contributed by atoms with E-state index in [1.807, 2.05) is 30.3 Å². The maximum Gasteiger partial charge on any atom is 0.419 e. The lowest BCUT2D eigenvalue weighted by Crippen LogP contribution is -2.27. The highest BCUT2D eigenvalue weighted by Gasteiger charge is 2.25. The van der Waals surface area contributed by atoms with Gasteiger partial charge in [0.15, 0.2) is 5.78 Å². The van der Waals surface area contributed by atoms with Crippen molar-refractivity contribution in [1.29, 1.82) is 0 Å². The van der Waals surface area contributed by atoms with Gasteiger partial charge in [-0.05, 0) is 63.3 Å². The Labute approximate surface area is 226 Å². The lowest BCUT2D eigenvalue weighted by molar-refractivity contribution is 0.0546. The van der Waals surface area contributed by atoms with Gasteiger partial charge in [-0.25, -0.2) is 14.2 Å². The zero-order chi connectivity index (χ0) is 28.3. The minimum Gasteiger partial charge on any atom is -0.496 e. The third kappa shape index (κ3) is 5.85. The van der Waals surface area contributed by atoms with Crippen LogP contribution in [0.4, 0.5) is 4.79 Å². The van der Waals surface area contributed by atoms with Gasteiger partial charge in [-0.15, -0.1) is 0 Å². The monoisotopic (exact) mass is 527 g/mol. The quantitative estimate of drug-likeness (QED) is 0.211. The second kappa shape index (κ2) is 10.9. The van der Waals surface area contributed by atoms with Crippen LogP contribution in [0.15, 0.2) is 72.8 Å². The molecule has 0 spiro atoms. The standard InChI is InChI=1S/C31H29NO7/c1-31(2,3)39-30(36)32-24-9-7-6-8-21(24)17-25(32)23-16-22(27(37-4)18-28(23)38-5)14-15-26(33)19-10-12-20(13-11-19)29(34)35/h6-18H,1-5H3,(H,34,35)/b15-14+. The largest absolute Gasteiger partial charge is 0.496 e. The number of benzene rings is 3. The summed E-state index contributed by atoms with van der Waals surface area (Å²) in [5, 5.41) is 9.93. The molecule has 0 amide bonds. The van der Waals surface area contributed by atoms with Gasteiger partial charge in [0, 0.05) is 28.1 Å². The molecule has 1 aromatic heterocycles. The van der Waals surface area contributed by atoms with Gasteiger partial charge in [0.05, 0.1) is 31.0 Å². The molecule has 0 saturated heterocycles. The molecule has 39 heavy (non-hydrogen) atoms. The number of allylic oxidation sites excluding steroid dienone is 1. The molecule has 0 atom stereocenters. The third-order valence-electron chi connectivity index (χ3n) is 5.95. The highest BCUT2D eigenvalue weighted by atomic mass is 16.6. The highest BCUT2D eigenvalue weighted by molar-refractivity contribution is 6.07. The summed E-state index contributed by atoms with van der Waals surface area (Å²) in [4.78, 5) is 37.3. The Bertz CT molecular complexity index is 1590. The number of rotatable bonds is 7. The summed E-state index contributed by atoms with van der Waals surface area (Å²) in [6.45, 7) is 5.41. The summed E-state index contributed by atoms with van der Waals surface area (Å²) in [5.41, 5.74) is 2.13. The van der Waals surface area contributed by atoms with E-state index in [1.165, 1.54) is 49.1 Å². The number of hydrogen-bond donors (Lipinski definition) is 1. The summed E-state index contributed by atoms with van der Waals surface area (Å²) in [6, 6.07) is 18.5. The van der Waals surface area contributed by atoms with Crippen molar-refractivity contribution in [3.63, 3.8) is 0 Å². The molecule has 0 radical (unpaired) electrons. The first-order valence-electron chi connectivity index (χ1n) is 12.2. The Morgan fingerprint density at radius 3 is 2.10 bits per heavy atom. The number of nitrogens with zero attached hydrogens (tertiary/aromatic N) is 1. The fourth-order valence-corrected chi connectivity index (χ4v) is 4.15. The normalized spacial score (nSPS) is 11.5. The number of para-hydroxylation sites is 1. The molecular formula is C31H29NO7. The number of aromatic carboxylic acids is 1. The number of methoxy groups -OCH3 is 2. The van der Waals surface area contributed by atoms with Crippen molar-refractivity contribution < 1.29 is 33.7 Å². The van der Waals surface area contributed by atoms with Crippen molar-refractivity contribution in [1.82, 2.24) is 4.57 Å². The Balaban J connectivity index is 1.82. The van der Waals surface area contributed by atoms with Gasteiger partial charge in [-0.3, -0.25) is 4.79 Å². The Morgan fingerprint density at radius 1 is 0.846 bits per heavy atom. The van der Waals surface area contributed by atoms with Crippen molar-refractivity contribution >= 4 is 34.8 Å². The van der Waals surface area contributed by atoms with Crippen LogP contribution >= 0.6 is 0 Å². The molecule has 1 heterocycles. The van der Waals surface area contributed by atoms with E-state index < -0.39 is 17.7 Å². The first kappa shape index (κ1) is 27.2. The summed E-state index contributed by atoms with van der Waals surface area (Å²) >= 11 is 0. The second-order valence-corrected chi connectivity index (χ2v) is 9.78. The van der Waals surface area contributed by atoms with Gasteiger partial charge < -0.3 is 19.3 Å². The van der Waals surface area contributed by atoms with E-state index in [2.05, 4.69) is 0 Å². The maximum absolute atomic E-state index is 13.4. The molecule has 0 aliphatic carbocycles. The van der Waals surface area contributed by atoms with Crippen molar-refractivity contribution in [2.75, 3.05) is 14.2 Å². The van der Waals surface area contributed by atoms with Crippen LogP contribution in [0, 0.1) is 0 Å².